The summed E-state index contributed by atoms with van der Waals surface area (Å²) in [4.78, 5) is 23.2. The minimum absolute atomic E-state index is 0.111. The van der Waals surface area contributed by atoms with Gasteiger partial charge in [0.05, 0.1) is 7.11 Å². The Morgan fingerprint density at radius 3 is 2.72 bits per heavy atom. The van der Waals surface area contributed by atoms with E-state index in [4.69, 9.17) is 4.74 Å². The van der Waals surface area contributed by atoms with Gasteiger partial charge in [0.25, 0.3) is 0 Å². The number of hydrogen-bond acceptors (Lipinski definition) is 6. The maximum absolute atomic E-state index is 11.3. The first-order chi connectivity index (χ1) is 8.69. The number of anilines is 2. The zero-order chi connectivity index (χ0) is 13.4. The fraction of sp³-hybridized carbons (Fsp3) is 0.400. The van der Waals surface area contributed by atoms with Crippen molar-refractivity contribution in [1.82, 2.24) is 20.3 Å². The Labute approximate surface area is 105 Å². The summed E-state index contributed by atoms with van der Waals surface area (Å²) in [6.45, 7) is 6.38. The molecule has 1 rings (SSSR count). The van der Waals surface area contributed by atoms with E-state index < -0.39 is 0 Å². The molecule has 0 aliphatic rings. The van der Waals surface area contributed by atoms with Gasteiger partial charge in [-0.05, 0) is 6.92 Å². The average molecular weight is 252 g/mol. The third kappa shape index (κ3) is 4.24. The molecule has 3 N–H and O–H groups in total. The lowest BCUT2D eigenvalue weighted by Crippen LogP contribution is -2.29. The molecule has 18 heavy (non-hydrogen) atoms. The number of rotatable bonds is 6. The molecule has 2 amide bonds. The van der Waals surface area contributed by atoms with Crippen molar-refractivity contribution in [1.29, 1.82) is 0 Å². The van der Waals surface area contributed by atoms with Gasteiger partial charge in [-0.25, -0.2) is 4.79 Å². The van der Waals surface area contributed by atoms with Crippen LogP contribution in [0.15, 0.2) is 12.7 Å². The van der Waals surface area contributed by atoms with Crippen LogP contribution >= 0.6 is 0 Å². The maximum atomic E-state index is 11.3. The number of hydrogen-bond donors (Lipinski definition) is 3. The average Bonchev–Trinajstić information content (AvgIpc) is 2.36. The molecule has 0 aliphatic heterocycles. The molecule has 1 aromatic rings. The monoisotopic (exact) mass is 252 g/mol. The van der Waals surface area contributed by atoms with Crippen LogP contribution in [0.5, 0.6) is 6.01 Å². The third-order valence-electron chi connectivity index (χ3n) is 1.76. The Morgan fingerprint density at radius 1 is 1.39 bits per heavy atom. The molecule has 0 unspecified atom stereocenters. The van der Waals surface area contributed by atoms with Gasteiger partial charge in [-0.15, -0.1) is 6.58 Å². The third-order valence-corrected chi connectivity index (χ3v) is 1.76. The van der Waals surface area contributed by atoms with Crippen LogP contribution in [0.3, 0.4) is 0 Å². The lowest BCUT2D eigenvalue weighted by Gasteiger charge is -2.08. The Hall–Kier alpha value is -2.38. The standard InChI is InChI=1S/C10H16N6O2/c1-4-6-12-7-13-8(14-9(17)11-5-2)16-10(15-7)18-3/h4H,1,5-6H2,2-3H3,(H3,11,12,13,14,15,16,17). The van der Waals surface area contributed by atoms with E-state index in [2.05, 4.69) is 37.5 Å². The highest BCUT2D eigenvalue weighted by atomic mass is 16.5. The fourth-order valence-electron chi connectivity index (χ4n) is 1.05. The predicted molar refractivity (Wildman–Crippen MR) is 67.8 cm³/mol. The van der Waals surface area contributed by atoms with Gasteiger partial charge in [-0.1, -0.05) is 6.08 Å². The van der Waals surface area contributed by atoms with Crippen molar-refractivity contribution >= 4 is 17.9 Å². The minimum atomic E-state index is -0.388. The first kappa shape index (κ1) is 13.7. The normalized spacial score (nSPS) is 9.44. The summed E-state index contributed by atoms with van der Waals surface area (Å²) < 4.78 is 4.92. The second-order valence-electron chi connectivity index (χ2n) is 3.12. The lowest BCUT2D eigenvalue weighted by atomic mass is 10.6. The summed E-state index contributed by atoms with van der Waals surface area (Å²) in [6.07, 6.45) is 1.66. The fourth-order valence-corrected chi connectivity index (χ4v) is 1.05. The Morgan fingerprint density at radius 2 is 2.11 bits per heavy atom. The number of carbonyl (C=O) groups excluding carboxylic acids is 1. The zero-order valence-electron chi connectivity index (χ0n) is 10.4. The zero-order valence-corrected chi connectivity index (χ0v) is 10.4. The van der Waals surface area contributed by atoms with Gasteiger partial charge >= 0.3 is 12.0 Å². The van der Waals surface area contributed by atoms with Gasteiger partial charge in [0, 0.05) is 13.1 Å². The van der Waals surface area contributed by atoms with Gasteiger partial charge in [-0.2, -0.15) is 15.0 Å². The van der Waals surface area contributed by atoms with Crippen LogP contribution in [0.25, 0.3) is 0 Å². The smallest absolute Gasteiger partial charge is 0.322 e. The van der Waals surface area contributed by atoms with E-state index in [1.54, 1.807) is 6.08 Å². The molecule has 1 heterocycles. The minimum Gasteiger partial charge on any atom is -0.467 e. The summed E-state index contributed by atoms with van der Waals surface area (Å²) in [6, 6.07) is -0.274. The molecule has 0 saturated heterocycles. The Bertz CT molecular complexity index is 423. The lowest BCUT2D eigenvalue weighted by molar-refractivity contribution is 0.252. The first-order valence-electron chi connectivity index (χ1n) is 5.39. The molecule has 0 fully saturated rings. The van der Waals surface area contributed by atoms with Crippen LogP contribution in [0, 0.1) is 0 Å². The van der Waals surface area contributed by atoms with E-state index in [1.807, 2.05) is 6.92 Å². The van der Waals surface area contributed by atoms with E-state index in [9.17, 15) is 4.79 Å². The summed E-state index contributed by atoms with van der Waals surface area (Å²) in [7, 11) is 1.43. The molecule has 0 saturated carbocycles. The maximum Gasteiger partial charge on any atom is 0.322 e. The number of carbonyl (C=O) groups is 1. The van der Waals surface area contributed by atoms with Crippen LogP contribution < -0.4 is 20.7 Å². The number of ether oxygens (including phenoxy) is 1. The molecule has 0 spiro atoms. The SMILES string of the molecule is C=CCNc1nc(NC(=O)NCC)nc(OC)n1. The molecule has 98 valence electrons. The first-order valence-corrected chi connectivity index (χ1v) is 5.39. The summed E-state index contributed by atoms with van der Waals surface area (Å²) in [5.74, 6) is 0.410. The van der Waals surface area contributed by atoms with Crippen LogP contribution in [-0.2, 0) is 0 Å². The molecule has 1 aromatic heterocycles. The molecule has 0 aromatic carbocycles. The molecule has 0 radical (unpaired) electrons. The number of nitrogens with zero attached hydrogens (tertiary/aromatic N) is 3. The van der Waals surface area contributed by atoms with Crippen LogP contribution in [0.2, 0.25) is 0 Å². The number of amides is 2. The van der Waals surface area contributed by atoms with Crippen molar-refractivity contribution in [3.05, 3.63) is 12.7 Å². The number of aromatic nitrogens is 3. The summed E-state index contributed by atoms with van der Waals surface area (Å²) in [5, 5.41) is 7.93. The van der Waals surface area contributed by atoms with Crippen LogP contribution in [0.1, 0.15) is 6.92 Å². The second-order valence-corrected chi connectivity index (χ2v) is 3.12. The van der Waals surface area contributed by atoms with Crippen LogP contribution in [-0.4, -0.2) is 41.2 Å². The second kappa shape index (κ2) is 7.05. The van der Waals surface area contributed by atoms with E-state index >= 15 is 0 Å². The molecule has 0 bridgehead atoms. The van der Waals surface area contributed by atoms with Crippen molar-refractivity contribution < 1.29 is 9.53 Å². The summed E-state index contributed by atoms with van der Waals surface area (Å²) in [5.41, 5.74) is 0. The molecular weight excluding hydrogens is 236 g/mol. The van der Waals surface area contributed by atoms with E-state index in [1.165, 1.54) is 7.11 Å². The van der Waals surface area contributed by atoms with Crippen molar-refractivity contribution in [2.45, 2.75) is 6.92 Å². The Kier molecular flexibility index (Phi) is 5.36. The number of nitrogens with one attached hydrogen (secondary N) is 3. The van der Waals surface area contributed by atoms with Gasteiger partial charge in [-0.3, -0.25) is 5.32 Å². The highest BCUT2D eigenvalue weighted by Crippen LogP contribution is 2.10. The highest BCUT2D eigenvalue weighted by Gasteiger charge is 2.08. The van der Waals surface area contributed by atoms with Crippen molar-refractivity contribution in [3.63, 3.8) is 0 Å². The van der Waals surface area contributed by atoms with E-state index in [0.29, 0.717) is 19.0 Å². The molecule has 0 aliphatic carbocycles. The Balaban J connectivity index is 2.82. The van der Waals surface area contributed by atoms with Gasteiger partial charge in [0.2, 0.25) is 11.9 Å². The quantitative estimate of drug-likeness (QED) is 0.641. The molecule has 8 heteroatoms. The van der Waals surface area contributed by atoms with E-state index in [-0.39, 0.29) is 18.0 Å². The highest BCUT2D eigenvalue weighted by molar-refractivity contribution is 5.87. The van der Waals surface area contributed by atoms with Crippen molar-refractivity contribution in [2.75, 3.05) is 30.8 Å². The van der Waals surface area contributed by atoms with Crippen molar-refractivity contribution in [3.8, 4) is 6.01 Å². The van der Waals surface area contributed by atoms with E-state index in [0.717, 1.165) is 0 Å². The van der Waals surface area contributed by atoms with Crippen molar-refractivity contribution in [2.24, 2.45) is 0 Å². The number of methoxy groups -OCH3 is 1. The molecule has 0 atom stereocenters. The van der Waals surface area contributed by atoms with Crippen LogP contribution in [0.4, 0.5) is 16.7 Å². The van der Waals surface area contributed by atoms with Gasteiger partial charge < -0.3 is 15.4 Å². The molecule has 8 nitrogen and oxygen atoms in total. The predicted octanol–water partition coefficient (Wildman–Crippen LogP) is 0.619. The topological polar surface area (TPSA) is 101 Å². The molecular formula is C10H16N6O2. The summed E-state index contributed by atoms with van der Waals surface area (Å²) >= 11 is 0. The number of urea groups is 1. The largest absolute Gasteiger partial charge is 0.467 e. The van der Waals surface area contributed by atoms with Gasteiger partial charge in [0.15, 0.2) is 0 Å². The van der Waals surface area contributed by atoms with Gasteiger partial charge in [0.1, 0.15) is 0 Å².